The van der Waals surface area contributed by atoms with Crippen LogP contribution < -0.4 is 4.57 Å². The Morgan fingerprint density at radius 2 is 1.28 bits per heavy atom. The van der Waals surface area contributed by atoms with Gasteiger partial charge < -0.3 is 5.11 Å². The van der Waals surface area contributed by atoms with Crippen LogP contribution in [0, 0.1) is 0 Å². The van der Waals surface area contributed by atoms with Gasteiger partial charge >= 0.3 is 0 Å². The highest BCUT2D eigenvalue weighted by Gasteiger charge is 2.17. The van der Waals surface area contributed by atoms with Gasteiger partial charge in [0, 0.05) is 0 Å². The molecule has 1 heterocycles. The minimum Gasteiger partial charge on any atom is -0.384 e. The molecule has 0 unspecified atom stereocenters. The molecule has 0 saturated heterocycles. The van der Waals surface area contributed by atoms with Crippen molar-refractivity contribution in [2.45, 2.75) is 19.7 Å². The lowest BCUT2D eigenvalue weighted by Gasteiger charge is -2.06. The number of hydrogen-bond donors (Lipinski definition) is 1. The van der Waals surface area contributed by atoms with Crippen LogP contribution in [-0.4, -0.2) is 9.67 Å². The van der Waals surface area contributed by atoms with E-state index in [1.807, 2.05) is 0 Å². The number of aliphatic hydroxyl groups is 1. The van der Waals surface area contributed by atoms with Crippen molar-refractivity contribution >= 4 is 21.5 Å². The molecule has 0 atom stereocenters. The van der Waals surface area contributed by atoms with E-state index in [1.165, 1.54) is 32.7 Å². The molecule has 142 valence electrons. The fourth-order valence-electron chi connectivity index (χ4n) is 4.04. The molecule has 0 aliphatic rings. The first kappa shape index (κ1) is 17.7. The summed E-state index contributed by atoms with van der Waals surface area (Å²) in [6.07, 6.45) is 4.11. The lowest BCUT2D eigenvalue weighted by Crippen LogP contribution is -2.37. The monoisotopic (exact) mass is 379 g/mol. The van der Waals surface area contributed by atoms with Gasteiger partial charge in [-0.25, -0.2) is 9.13 Å². The maximum Gasteiger partial charge on any atom is 0.283 e. The number of nitrogens with zero attached hydrogens (tertiary/aromatic N) is 2. The molecular formula is C26H23N2O+. The zero-order chi connectivity index (χ0) is 19.6. The summed E-state index contributed by atoms with van der Waals surface area (Å²) >= 11 is 0. The Morgan fingerprint density at radius 1 is 0.690 bits per heavy atom. The third-order valence-electron chi connectivity index (χ3n) is 5.56. The van der Waals surface area contributed by atoms with Crippen LogP contribution >= 0.6 is 0 Å². The molecule has 4 aromatic carbocycles. The van der Waals surface area contributed by atoms with Gasteiger partial charge in [0.2, 0.25) is 0 Å². The summed E-state index contributed by atoms with van der Waals surface area (Å²) in [5, 5.41) is 15.0. The number of aromatic nitrogens is 2. The van der Waals surface area contributed by atoms with Crippen molar-refractivity contribution in [2.75, 3.05) is 0 Å². The van der Waals surface area contributed by atoms with Crippen LogP contribution in [0.5, 0.6) is 0 Å². The molecule has 1 aromatic heterocycles. The second-order valence-electron chi connectivity index (χ2n) is 7.49. The summed E-state index contributed by atoms with van der Waals surface area (Å²) in [6, 6.07) is 29.9. The number of benzene rings is 4. The van der Waals surface area contributed by atoms with Crippen LogP contribution in [0.25, 0.3) is 21.5 Å². The van der Waals surface area contributed by atoms with E-state index in [2.05, 4.69) is 106 Å². The predicted octanol–water partition coefficient (Wildman–Crippen LogP) is 4.67. The summed E-state index contributed by atoms with van der Waals surface area (Å²) < 4.78 is 4.26. The van der Waals surface area contributed by atoms with E-state index in [9.17, 15) is 5.11 Å². The van der Waals surface area contributed by atoms with Crippen molar-refractivity contribution in [3.05, 3.63) is 114 Å². The molecular weight excluding hydrogens is 356 g/mol. The van der Waals surface area contributed by atoms with E-state index in [4.69, 9.17) is 0 Å². The summed E-state index contributed by atoms with van der Waals surface area (Å²) in [7, 11) is 0. The molecule has 0 aliphatic heterocycles. The average molecular weight is 379 g/mol. The third kappa shape index (κ3) is 3.53. The van der Waals surface area contributed by atoms with E-state index in [0.29, 0.717) is 0 Å². The van der Waals surface area contributed by atoms with Crippen LogP contribution in [-0.2, 0) is 19.7 Å². The Morgan fingerprint density at radius 3 is 1.93 bits per heavy atom. The molecule has 5 rings (SSSR count). The number of fused-ring (bicyclic) bond motifs is 2. The fourth-order valence-corrected chi connectivity index (χ4v) is 4.04. The van der Waals surface area contributed by atoms with Crippen molar-refractivity contribution in [3.8, 4) is 0 Å². The molecule has 0 saturated carbocycles. The Hall–Kier alpha value is -3.43. The minimum atomic E-state index is 0.00810. The standard InChI is InChI=1S/C26H23N2O/c29-19-26-27(17-20-9-11-22-5-1-3-7-24(22)15-20)13-14-28(26)18-21-10-12-23-6-2-4-8-25(23)16-21/h1-16,29H,17-19H2/q+1. The Kier molecular flexibility index (Phi) is 4.59. The van der Waals surface area contributed by atoms with Gasteiger partial charge in [-0.15, -0.1) is 0 Å². The average Bonchev–Trinajstić information content (AvgIpc) is 3.14. The molecule has 29 heavy (non-hydrogen) atoms. The maximum absolute atomic E-state index is 10.0. The van der Waals surface area contributed by atoms with E-state index in [0.717, 1.165) is 18.9 Å². The molecule has 0 fully saturated rings. The normalized spacial score (nSPS) is 11.3. The number of rotatable bonds is 5. The van der Waals surface area contributed by atoms with Gasteiger partial charge in [-0.1, -0.05) is 72.8 Å². The highest BCUT2D eigenvalue weighted by molar-refractivity contribution is 5.83. The summed E-state index contributed by atoms with van der Waals surface area (Å²) in [5.41, 5.74) is 2.46. The van der Waals surface area contributed by atoms with Gasteiger partial charge in [-0.05, 0) is 44.8 Å². The van der Waals surface area contributed by atoms with Gasteiger partial charge in [-0.3, -0.25) is 0 Å². The lowest BCUT2D eigenvalue weighted by molar-refractivity contribution is -0.697. The van der Waals surface area contributed by atoms with Crippen LogP contribution in [0.4, 0.5) is 0 Å². The highest BCUT2D eigenvalue weighted by Crippen LogP contribution is 2.18. The van der Waals surface area contributed by atoms with Crippen molar-refractivity contribution in [1.82, 2.24) is 4.57 Å². The van der Waals surface area contributed by atoms with E-state index in [-0.39, 0.29) is 6.61 Å². The van der Waals surface area contributed by atoms with Gasteiger partial charge in [0.1, 0.15) is 32.1 Å². The first-order valence-corrected chi connectivity index (χ1v) is 9.94. The van der Waals surface area contributed by atoms with Gasteiger partial charge in [0.15, 0.2) is 0 Å². The van der Waals surface area contributed by atoms with Crippen LogP contribution in [0.2, 0.25) is 0 Å². The lowest BCUT2D eigenvalue weighted by atomic mass is 10.1. The van der Waals surface area contributed by atoms with Crippen molar-refractivity contribution in [3.63, 3.8) is 0 Å². The Labute approximate surface area is 170 Å². The Bertz CT molecular complexity index is 1200. The number of aliphatic hydroxyl groups excluding tert-OH is 1. The maximum atomic E-state index is 10.0. The fraction of sp³-hybridized carbons (Fsp3) is 0.115. The van der Waals surface area contributed by atoms with E-state index in [1.54, 1.807) is 0 Å². The first-order chi connectivity index (χ1) is 14.3. The van der Waals surface area contributed by atoms with Crippen LogP contribution in [0.3, 0.4) is 0 Å². The quantitative estimate of drug-likeness (QED) is 0.442. The van der Waals surface area contributed by atoms with Gasteiger partial charge in [0.25, 0.3) is 5.82 Å². The Balaban J connectivity index is 1.43. The summed E-state index contributed by atoms with van der Waals surface area (Å²) in [6.45, 7) is 1.49. The molecule has 5 aromatic rings. The SMILES string of the molecule is OCc1n(Cc2ccc3ccccc3c2)cc[n+]1Cc1ccc2ccccc2c1. The molecule has 0 amide bonds. The van der Waals surface area contributed by atoms with Gasteiger partial charge in [0.05, 0.1) is 0 Å². The van der Waals surface area contributed by atoms with Crippen LogP contribution in [0.1, 0.15) is 17.0 Å². The molecule has 3 nitrogen and oxygen atoms in total. The molecule has 0 bridgehead atoms. The second-order valence-corrected chi connectivity index (χ2v) is 7.49. The predicted molar refractivity (Wildman–Crippen MR) is 117 cm³/mol. The minimum absolute atomic E-state index is 0.00810. The highest BCUT2D eigenvalue weighted by atomic mass is 16.3. The topological polar surface area (TPSA) is 29.0 Å². The number of imidazole rings is 1. The molecule has 0 aliphatic carbocycles. The third-order valence-corrected chi connectivity index (χ3v) is 5.56. The summed E-state index contributed by atoms with van der Waals surface area (Å²) in [4.78, 5) is 0. The zero-order valence-corrected chi connectivity index (χ0v) is 16.2. The molecule has 0 spiro atoms. The number of hydrogen-bond acceptors (Lipinski definition) is 1. The summed E-state index contributed by atoms with van der Waals surface area (Å²) in [5.74, 6) is 0.909. The zero-order valence-electron chi connectivity index (χ0n) is 16.2. The second kappa shape index (κ2) is 7.53. The smallest absolute Gasteiger partial charge is 0.283 e. The van der Waals surface area contributed by atoms with Crippen molar-refractivity contribution in [1.29, 1.82) is 0 Å². The molecule has 0 radical (unpaired) electrons. The van der Waals surface area contributed by atoms with Crippen molar-refractivity contribution in [2.24, 2.45) is 0 Å². The van der Waals surface area contributed by atoms with E-state index < -0.39 is 0 Å². The molecule has 1 N–H and O–H groups in total. The molecule has 3 heteroatoms. The van der Waals surface area contributed by atoms with Crippen molar-refractivity contribution < 1.29 is 9.67 Å². The van der Waals surface area contributed by atoms with Crippen LogP contribution in [0.15, 0.2) is 97.3 Å². The first-order valence-electron chi connectivity index (χ1n) is 9.94. The van der Waals surface area contributed by atoms with Gasteiger partial charge in [-0.2, -0.15) is 0 Å². The largest absolute Gasteiger partial charge is 0.384 e. The van der Waals surface area contributed by atoms with E-state index >= 15 is 0 Å².